The molecule has 8 heteroatoms. The van der Waals surface area contributed by atoms with Crippen LogP contribution in [0.2, 0.25) is 0 Å². The Hall–Kier alpha value is -5.11. The number of hydrogen-bond donors (Lipinski definition) is 1. The van der Waals surface area contributed by atoms with E-state index in [0.29, 0.717) is 28.2 Å². The number of nitrogens with one attached hydrogen (secondary N) is 1. The summed E-state index contributed by atoms with van der Waals surface area (Å²) in [7, 11) is 0. The summed E-state index contributed by atoms with van der Waals surface area (Å²) in [5.41, 5.74) is 4.42. The lowest BCUT2D eigenvalue weighted by atomic mass is 10.1. The first-order valence-corrected chi connectivity index (χ1v) is 11.3. The number of anilines is 1. The average molecular weight is 473 g/mol. The van der Waals surface area contributed by atoms with Crippen molar-refractivity contribution in [1.82, 2.24) is 19.4 Å². The predicted octanol–water partition coefficient (Wildman–Crippen LogP) is 4.47. The van der Waals surface area contributed by atoms with Crippen LogP contribution in [0.25, 0.3) is 16.9 Å². The van der Waals surface area contributed by atoms with Gasteiger partial charge in [0.2, 0.25) is 0 Å². The van der Waals surface area contributed by atoms with Crippen molar-refractivity contribution >= 4 is 34.4 Å². The summed E-state index contributed by atoms with van der Waals surface area (Å²) in [4.78, 5) is 48.0. The Labute approximate surface area is 205 Å². The minimum absolute atomic E-state index is 0.141. The lowest BCUT2D eigenvalue weighted by Crippen LogP contribution is -2.29. The fraction of sp³-hybridized carbons (Fsp3) is 0.0357. The van der Waals surface area contributed by atoms with Crippen LogP contribution >= 0.6 is 0 Å². The van der Waals surface area contributed by atoms with Gasteiger partial charge in [-0.1, -0.05) is 36.4 Å². The standard InChI is InChI=1S/C28H19N5O3/c34-26(31-20-13-14-25(29-15-20)33-17-30-23-7-3-4-8-24(23)33)19-11-9-18(10-12-19)16-32-27(35)21-5-1-2-6-22(21)28(32)36/h1-15,17H,16H2,(H,31,34). The Bertz CT molecular complexity index is 1600. The zero-order valence-corrected chi connectivity index (χ0v) is 19.0. The Morgan fingerprint density at radius 1 is 0.778 bits per heavy atom. The fourth-order valence-corrected chi connectivity index (χ4v) is 4.27. The highest BCUT2D eigenvalue weighted by Gasteiger charge is 2.34. The zero-order valence-electron chi connectivity index (χ0n) is 19.0. The van der Waals surface area contributed by atoms with Crippen LogP contribution in [0.1, 0.15) is 36.6 Å². The molecule has 174 valence electrons. The molecule has 3 amide bonds. The number of para-hydroxylation sites is 2. The van der Waals surface area contributed by atoms with Gasteiger partial charge >= 0.3 is 0 Å². The molecule has 0 fully saturated rings. The van der Waals surface area contributed by atoms with E-state index in [2.05, 4.69) is 15.3 Å². The summed E-state index contributed by atoms with van der Waals surface area (Å²) >= 11 is 0. The zero-order chi connectivity index (χ0) is 24.6. The number of imide groups is 1. The fourth-order valence-electron chi connectivity index (χ4n) is 4.27. The second-order valence-corrected chi connectivity index (χ2v) is 8.40. The van der Waals surface area contributed by atoms with Crippen LogP contribution in [0, 0.1) is 0 Å². The van der Waals surface area contributed by atoms with Crippen molar-refractivity contribution in [2.75, 3.05) is 5.32 Å². The molecule has 0 spiro atoms. The van der Waals surface area contributed by atoms with Crippen molar-refractivity contribution in [3.8, 4) is 5.82 Å². The first-order chi connectivity index (χ1) is 17.6. The predicted molar refractivity (Wildman–Crippen MR) is 134 cm³/mol. The molecule has 5 aromatic rings. The largest absolute Gasteiger partial charge is 0.321 e. The third-order valence-corrected chi connectivity index (χ3v) is 6.14. The highest BCUT2D eigenvalue weighted by Crippen LogP contribution is 2.24. The van der Waals surface area contributed by atoms with Crippen LogP contribution in [0.4, 0.5) is 5.69 Å². The monoisotopic (exact) mass is 473 g/mol. The Balaban J connectivity index is 1.12. The number of aromatic nitrogens is 3. The van der Waals surface area contributed by atoms with E-state index in [1.807, 2.05) is 34.9 Å². The molecule has 3 heterocycles. The molecule has 0 radical (unpaired) electrons. The topological polar surface area (TPSA) is 97.2 Å². The molecule has 8 nitrogen and oxygen atoms in total. The molecule has 1 N–H and O–H groups in total. The smallest absolute Gasteiger partial charge is 0.261 e. The van der Waals surface area contributed by atoms with E-state index in [0.717, 1.165) is 16.6 Å². The Morgan fingerprint density at radius 2 is 1.47 bits per heavy atom. The van der Waals surface area contributed by atoms with Gasteiger partial charge in [0.15, 0.2) is 0 Å². The SMILES string of the molecule is O=C(Nc1ccc(-n2cnc3ccccc32)nc1)c1ccc(CN2C(=O)c3ccccc3C2=O)cc1. The Morgan fingerprint density at radius 3 is 2.17 bits per heavy atom. The van der Waals surface area contributed by atoms with Gasteiger partial charge in [-0.05, 0) is 54.1 Å². The maximum absolute atomic E-state index is 12.7. The van der Waals surface area contributed by atoms with Crippen LogP contribution in [0.15, 0.2) is 97.5 Å². The number of carbonyl (C=O) groups excluding carboxylic acids is 3. The highest BCUT2D eigenvalue weighted by molar-refractivity contribution is 6.21. The van der Waals surface area contributed by atoms with Gasteiger partial charge in [-0.15, -0.1) is 0 Å². The summed E-state index contributed by atoms with van der Waals surface area (Å²) in [6.45, 7) is 0.141. The minimum Gasteiger partial charge on any atom is -0.321 e. The van der Waals surface area contributed by atoms with E-state index in [4.69, 9.17) is 0 Å². The number of fused-ring (bicyclic) bond motifs is 2. The number of carbonyl (C=O) groups is 3. The maximum atomic E-state index is 12.7. The lowest BCUT2D eigenvalue weighted by Gasteiger charge is -2.14. The van der Waals surface area contributed by atoms with E-state index in [1.54, 1.807) is 67.1 Å². The Kier molecular flexibility index (Phi) is 5.11. The average Bonchev–Trinajstić information content (AvgIpc) is 3.45. The van der Waals surface area contributed by atoms with Crippen LogP contribution in [-0.4, -0.2) is 37.2 Å². The van der Waals surface area contributed by atoms with Crippen LogP contribution in [0.5, 0.6) is 0 Å². The molecule has 0 atom stereocenters. The molecule has 0 bridgehead atoms. The number of pyridine rings is 1. The van der Waals surface area contributed by atoms with Crippen molar-refractivity contribution in [1.29, 1.82) is 0 Å². The van der Waals surface area contributed by atoms with Crippen molar-refractivity contribution in [2.24, 2.45) is 0 Å². The normalized spacial score (nSPS) is 12.7. The van der Waals surface area contributed by atoms with Crippen molar-refractivity contribution < 1.29 is 14.4 Å². The quantitative estimate of drug-likeness (QED) is 0.380. The molecule has 36 heavy (non-hydrogen) atoms. The molecule has 0 saturated carbocycles. The van der Waals surface area contributed by atoms with Gasteiger partial charge in [0, 0.05) is 5.56 Å². The molecule has 0 saturated heterocycles. The van der Waals surface area contributed by atoms with Crippen LogP contribution in [0.3, 0.4) is 0 Å². The van der Waals surface area contributed by atoms with E-state index in [9.17, 15) is 14.4 Å². The second-order valence-electron chi connectivity index (χ2n) is 8.40. The molecular formula is C28H19N5O3. The maximum Gasteiger partial charge on any atom is 0.261 e. The van der Waals surface area contributed by atoms with Crippen LogP contribution in [-0.2, 0) is 6.54 Å². The van der Waals surface area contributed by atoms with Gasteiger partial charge in [-0.2, -0.15) is 0 Å². The summed E-state index contributed by atoms with van der Waals surface area (Å²) in [5.74, 6) is -0.210. The molecule has 0 unspecified atom stereocenters. The second kappa shape index (κ2) is 8.59. The minimum atomic E-state index is -0.308. The third-order valence-electron chi connectivity index (χ3n) is 6.14. The van der Waals surface area contributed by atoms with Gasteiger partial charge in [0.1, 0.15) is 12.1 Å². The highest BCUT2D eigenvalue weighted by atomic mass is 16.2. The van der Waals surface area contributed by atoms with Gasteiger partial charge in [-0.25, -0.2) is 9.97 Å². The molecular weight excluding hydrogens is 454 g/mol. The summed E-state index contributed by atoms with van der Waals surface area (Å²) in [5, 5.41) is 2.84. The lowest BCUT2D eigenvalue weighted by molar-refractivity contribution is 0.0642. The third kappa shape index (κ3) is 3.70. The molecule has 3 aromatic carbocycles. The first-order valence-electron chi connectivity index (χ1n) is 11.3. The molecule has 0 aliphatic carbocycles. The van der Waals surface area contributed by atoms with Gasteiger partial charge < -0.3 is 5.32 Å². The summed E-state index contributed by atoms with van der Waals surface area (Å²) in [6.07, 6.45) is 3.31. The van der Waals surface area contributed by atoms with E-state index >= 15 is 0 Å². The van der Waals surface area contributed by atoms with Gasteiger partial charge in [0.25, 0.3) is 17.7 Å². The van der Waals surface area contributed by atoms with Gasteiger partial charge in [-0.3, -0.25) is 23.9 Å². The van der Waals surface area contributed by atoms with Gasteiger partial charge in [0.05, 0.1) is 40.6 Å². The molecule has 2 aromatic heterocycles. The first kappa shape index (κ1) is 21.4. The number of benzene rings is 3. The molecule has 1 aliphatic rings. The van der Waals surface area contributed by atoms with E-state index < -0.39 is 0 Å². The van der Waals surface area contributed by atoms with Crippen molar-refractivity contribution in [3.63, 3.8) is 0 Å². The van der Waals surface area contributed by atoms with E-state index in [1.165, 1.54) is 4.90 Å². The molecule has 6 rings (SSSR count). The number of imidazole rings is 1. The van der Waals surface area contributed by atoms with Crippen LogP contribution < -0.4 is 5.32 Å². The summed E-state index contributed by atoms with van der Waals surface area (Å²) in [6, 6.07) is 25.0. The number of amides is 3. The number of nitrogens with zero attached hydrogens (tertiary/aromatic N) is 4. The van der Waals surface area contributed by atoms with Crippen molar-refractivity contribution in [3.05, 3.63) is 120 Å². The van der Waals surface area contributed by atoms with Crippen molar-refractivity contribution in [2.45, 2.75) is 6.54 Å². The van der Waals surface area contributed by atoms with E-state index in [-0.39, 0.29) is 24.3 Å². The number of hydrogen-bond acceptors (Lipinski definition) is 5. The summed E-state index contributed by atoms with van der Waals surface area (Å²) < 4.78 is 1.88. The molecule has 1 aliphatic heterocycles. The number of rotatable bonds is 5.